The molecule has 136 valence electrons. The second-order valence-corrected chi connectivity index (χ2v) is 4.86. The molecule has 0 aliphatic carbocycles. The lowest BCUT2D eigenvalue weighted by Crippen LogP contribution is -2.21. The molecule has 2 rings (SSSR count). The van der Waals surface area contributed by atoms with E-state index in [1.54, 1.807) is 16.9 Å². The van der Waals surface area contributed by atoms with Crippen LogP contribution in [0, 0.1) is 0 Å². The Morgan fingerprint density at radius 2 is 1.80 bits per heavy atom. The van der Waals surface area contributed by atoms with Crippen LogP contribution in [0.4, 0.5) is 23.4 Å². The number of carboxylic acids is 1. The normalized spacial score (nSPS) is 11.9. The predicted octanol–water partition coefficient (Wildman–Crippen LogP) is 3.04. The standard InChI is InChI=1S/C12H11ClFN3O.C2HF3O2/c13-11(14)12(18)15-10-6-7-17(16-10)8-9-4-2-1-3-5-9;3-2(4,5)1(6)7/h1-7,11H,8H2,(H,15,16,18);(H,6,7). The molecule has 1 amide bonds. The second-order valence-electron chi connectivity index (χ2n) is 4.48. The molecular weight excluding hydrogens is 370 g/mol. The fraction of sp³-hybridized carbons (Fsp3) is 0.214. The highest BCUT2D eigenvalue weighted by Gasteiger charge is 2.38. The van der Waals surface area contributed by atoms with Crippen LogP contribution >= 0.6 is 11.6 Å². The second kappa shape index (κ2) is 9.02. The van der Waals surface area contributed by atoms with E-state index in [0.29, 0.717) is 6.54 Å². The molecule has 2 N–H and O–H groups in total. The van der Waals surface area contributed by atoms with Crippen molar-refractivity contribution in [3.63, 3.8) is 0 Å². The van der Waals surface area contributed by atoms with Crippen molar-refractivity contribution in [3.8, 4) is 0 Å². The van der Waals surface area contributed by atoms with Gasteiger partial charge >= 0.3 is 12.1 Å². The van der Waals surface area contributed by atoms with Gasteiger partial charge in [0.05, 0.1) is 6.54 Å². The van der Waals surface area contributed by atoms with Gasteiger partial charge < -0.3 is 10.4 Å². The summed E-state index contributed by atoms with van der Waals surface area (Å²) in [5.41, 5.74) is -0.983. The maximum absolute atomic E-state index is 12.5. The number of carbonyl (C=O) groups is 2. The Balaban J connectivity index is 0.000000381. The molecule has 0 spiro atoms. The maximum Gasteiger partial charge on any atom is 0.490 e. The number of alkyl halides is 5. The van der Waals surface area contributed by atoms with Crippen molar-refractivity contribution in [1.82, 2.24) is 9.78 Å². The quantitative estimate of drug-likeness (QED) is 0.630. The van der Waals surface area contributed by atoms with Crippen LogP contribution in [0.15, 0.2) is 42.6 Å². The Labute approximate surface area is 144 Å². The number of aliphatic carboxylic acids is 1. The average molecular weight is 382 g/mol. The summed E-state index contributed by atoms with van der Waals surface area (Å²) in [6.07, 6.45) is -3.38. The third-order valence-electron chi connectivity index (χ3n) is 2.52. The average Bonchev–Trinajstić information content (AvgIpc) is 2.95. The minimum atomic E-state index is -5.08. The van der Waals surface area contributed by atoms with Gasteiger partial charge in [-0.05, 0) is 5.56 Å². The highest BCUT2D eigenvalue weighted by Crippen LogP contribution is 2.13. The first kappa shape index (κ1) is 20.4. The van der Waals surface area contributed by atoms with E-state index in [0.717, 1.165) is 5.56 Å². The zero-order chi connectivity index (χ0) is 19.0. The number of anilines is 1. The number of benzene rings is 1. The van der Waals surface area contributed by atoms with Crippen LogP contribution in [0.1, 0.15) is 5.56 Å². The van der Waals surface area contributed by atoms with Crippen molar-refractivity contribution in [3.05, 3.63) is 48.2 Å². The van der Waals surface area contributed by atoms with Crippen molar-refractivity contribution in [2.75, 3.05) is 5.32 Å². The maximum atomic E-state index is 12.5. The molecule has 1 unspecified atom stereocenters. The number of aromatic nitrogens is 2. The first-order valence-corrected chi connectivity index (χ1v) is 6.99. The molecule has 11 heteroatoms. The minimum Gasteiger partial charge on any atom is -0.475 e. The van der Waals surface area contributed by atoms with E-state index in [1.807, 2.05) is 30.3 Å². The molecule has 1 aromatic heterocycles. The van der Waals surface area contributed by atoms with E-state index in [4.69, 9.17) is 21.5 Å². The molecule has 0 fully saturated rings. The lowest BCUT2D eigenvalue weighted by Gasteiger charge is -2.02. The number of halogens is 5. The molecule has 0 aliphatic rings. The molecule has 0 saturated heterocycles. The van der Waals surface area contributed by atoms with E-state index in [9.17, 15) is 22.4 Å². The van der Waals surface area contributed by atoms with Crippen molar-refractivity contribution in [2.45, 2.75) is 18.4 Å². The van der Waals surface area contributed by atoms with Crippen molar-refractivity contribution < 1.29 is 32.3 Å². The predicted molar refractivity (Wildman–Crippen MR) is 80.8 cm³/mol. The van der Waals surface area contributed by atoms with Crippen LogP contribution in [-0.4, -0.2) is 38.6 Å². The molecule has 0 aliphatic heterocycles. The topological polar surface area (TPSA) is 84.2 Å². The van der Waals surface area contributed by atoms with Crippen LogP contribution in [0.25, 0.3) is 0 Å². The largest absolute Gasteiger partial charge is 0.490 e. The highest BCUT2D eigenvalue weighted by molar-refractivity contribution is 6.31. The monoisotopic (exact) mass is 381 g/mol. The fourth-order valence-electron chi connectivity index (χ4n) is 1.47. The smallest absolute Gasteiger partial charge is 0.475 e. The van der Waals surface area contributed by atoms with E-state index in [-0.39, 0.29) is 5.82 Å². The summed E-state index contributed by atoms with van der Waals surface area (Å²) in [6.45, 7) is 0.580. The van der Waals surface area contributed by atoms with Crippen molar-refractivity contribution in [1.29, 1.82) is 0 Å². The summed E-state index contributed by atoms with van der Waals surface area (Å²) >= 11 is 5.00. The molecule has 1 heterocycles. The van der Waals surface area contributed by atoms with E-state index in [1.165, 1.54) is 0 Å². The van der Waals surface area contributed by atoms with Crippen molar-refractivity contribution >= 4 is 29.3 Å². The molecule has 0 radical (unpaired) electrons. The number of rotatable bonds is 4. The van der Waals surface area contributed by atoms with Gasteiger partial charge in [-0.3, -0.25) is 9.48 Å². The third-order valence-corrected chi connectivity index (χ3v) is 2.72. The molecule has 2 aromatic rings. The number of hydrogen-bond acceptors (Lipinski definition) is 3. The zero-order valence-corrected chi connectivity index (χ0v) is 13.1. The Morgan fingerprint density at radius 1 is 1.24 bits per heavy atom. The third kappa shape index (κ3) is 7.66. The summed E-state index contributed by atoms with van der Waals surface area (Å²) < 4.78 is 45.8. The molecular formula is C14H12ClF4N3O3. The zero-order valence-electron chi connectivity index (χ0n) is 12.4. The van der Waals surface area contributed by atoms with Gasteiger partial charge in [-0.15, -0.1) is 0 Å². The SMILES string of the molecule is O=C(Nc1ccn(Cc2ccccc2)n1)C(F)Cl.O=C(O)C(F)(F)F. The Bertz CT molecular complexity index is 705. The van der Waals surface area contributed by atoms with E-state index >= 15 is 0 Å². The summed E-state index contributed by atoms with van der Waals surface area (Å²) in [4.78, 5) is 19.9. The van der Waals surface area contributed by atoms with Gasteiger partial charge in [0.1, 0.15) is 0 Å². The number of carbonyl (C=O) groups excluding carboxylic acids is 1. The van der Waals surface area contributed by atoms with Gasteiger partial charge in [-0.2, -0.15) is 18.3 Å². The van der Waals surface area contributed by atoms with Crippen LogP contribution in [0.3, 0.4) is 0 Å². The van der Waals surface area contributed by atoms with Gasteiger partial charge in [-0.25, -0.2) is 9.18 Å². The van der Waals surface area contributed by atoms with E-state index in [2.05, 4.69) is 10.4 Å². The van der Waals surface area contributed by atoms with Crippen molar-refractivity contribution in [2.24, 2.45) is 0 Å². The minimum absolute atomic E-state index is 0.277. The van der Waals surface area contributed by atoms with Crippen LogP contribution in [0.2, 0.25) is 0 Å². The van der Waals surface area contributed by atoms with Gasteiger partial charge in [0.25, 0.3) is 11.5 Å². The molecule has 1 atom stereocenters. The number of nitrogens with zero attached hydrogens (tertiary/aromatic N) is 2. The molecule has 0 saturated carbocycles. The summed E-state index contributed by atoms with van der Waals surface area (Å²) in [7, 11) is 0. The summed E-state index contributed by atoms with van der Waals surface area (Å²) in [6, 6.07) is 11.3. The fourth-order valence-corrected chi connectivity index (χ4v) is 1.52. The Hall–Kier alpha value is -2.62. The summed E-state index contributed by atoms with van der Waals surface area (Å²) in [5.74, 6) is -3.40. The Kier molecular flexibility index (Phi) is 7.37. The summed E-state index contributed by atoms with van der Waals surface area (Å²) in [5, 5.41) is 13.5. The number of carboxylic acid groups (broad SMARTS) is 1. The molecule has 25 heavy (non-hydrogen) atoms. The van der Waals surface area contributed by atoms with Gasteiger partial charge in [-0.1, -0.05) is 41.9 Å². The molecule has 1 aromatic carbocycles. The highest BCUT2D eigenvalue weighted by atomic mass is 35.5. The number of nitrogens with one attached hydrogen (secondary N) is 1. The van der Waals surface area contributed by atoms with Gasteiger partial charge in [0.15, 0.2) is 5.82 Å². The first-order chi connectivity index (χ1) is 11.6. The van der Waals surface area contributed by atoms with E-state index < -0.39 is 23.7 Å². The van der Waals surface area contributed by atoms with Crippen LogP contribution < -0.4 is 5.32 Å². The lowest BCUT2D eigenvalue weighted by atomic mass is 10.2. The number of hydrogen-bond donors (Lipinski definition) is 2. The Morgan fingerprint density at radius 3 is 2.28 bits per heavy atom. The van der Waals surface area contributed by atoms with Gasteiger partial charge in [0, 0.05) is 12.3 Å². The molecule has 6 nitrogen and oxygen atoms in total. The molecule has 0 bridgehead atoms. The number of amides is 1. The first-order valence-electron chi connectivity index (χ1n) is 6.56. The van der Waals surface area contributed by atoms with Crippen LogP contribution in [-0.2, 0) is 16.1 Å². The van der Waals surface area contributed by atoms with Crippen LogP contribution in [0.5, 0.6) is 0 Å². The van der Waals surface area contributed by atoms with Gasteiger partial charge in [0.2, 0.25) is 0 Å². The lowest BCUT2D eigenvalue weighted by molar-refractivity contribution is -0.192.